The highest BCUT2D eigenvalue weighted by atomic mass is 35.5. The number of carbonyl (C=O) groups is 4. The molecule has 0 spiro atoms. The Morgan fingerprint density at radius 2 is 1.63 bits per heavy atom. The number of imide groups is 1. The molecule has 11 heteroatoms. The van der Waals surface area contributed by atoms with Crippen LogP contribution < -0.4 is 0 Å². The molecule has 1 heterocycles. The van der Waals surface area contributed by atoms with Crippen LogP contribution in [0.5, 0.6) is 0 Å². The third-order valence-corrected chi connectivity index (χ3v) is 7.33. The number of carbonyl (C=O) groups excluding carboxylic acids is 4. The highest BCUT2D eigenvalue weighted by Crippen LogP contribution is 2.52. The molecule has 2 aromatic rings. The Kier molecular flexibility index (Phi) is 5.69. The van der Waals surface area contributed by atoms with E-state index in [0.29, 0.717) is 21.5 Å². The minimum atomic E-state index is -1.02. The van der Waals surface area contributed by atoms with Crippen LogP contribution in [0.25, 0.3) is 0 Å². The summed E-state index contributed by atoms with van der Waals surface area (Å²) >= 11 is 12.1. The zero-order valence-corrected chi connectivity index (χ0v) is 19.5. The number of para-hydroxylation sites is 1. The van der Waals surface area contributed by atoms with Crippen molar-refractivity contribution in [1.82, 2.24) is 10.0 Å². The van der Waals surface area contributed by atoms with Crippen LogP contribution in [0.2, 0.25) is 10.0 Å². The Morgan fingerprint density at radius 1 is 1.00 bits per heavy atom. The minimum Gasteiger partial charge on any atom is -0.292 e. The molecular formula is C24H17Cl2N3O6. The molecule has 1 saturated heterocycles. The number of nitro groups is 1. The van der Waals surface area contributed by atoms with Gasteiger partial charge in [0, 0.05) is 16.7 Å². The number of nitro benzene ring substituents is 1. The zero-order valence-electron chi connectivity index (χ0n) is 18.0. The number of hydrogen-bond donors (Lipinski definition) is 0. The molecule has 2 aliphatic carbocycles. The Hall–Kier alpha value is -3.56. The van der Waals surface area contributed by atoms with Gasteiger partial charge in [-0.25, -0.2) is 5.01 Å². The lowest BCUT2D eigenvalue weighted by molar-refractivity contribution is -0.385. The first-order valence-electron chi connectivity index (χ1n) is 10.8. The Labute approximate surface area is 209 Å². The van der Waals surface area contributed by atoms with Crippen molar-refractivity contribution in [1.29, 1.82) is 0 Å². The fraction of sp³-hybridized carbons (Fsp3) is 0.250. The van der Waals surface area contributed by atoms with Crippen LogP contribution in [0.3, 0.4) is 0 Å². The van der Waals surface area contributed by atoms with E-state index in [0.717, 1.165) is 6.07 Å². The molecule has 0 aromatic heterocycles. The van der Waals surface area contributed by atoms with Crippen LogP contribution in [-0.4, -0.2) is 45.0 Å². The van der Waals surface area contributed by atoms with Crippen molar-refractivity contribution in [3.05, 3.63) is 85.9 Å². The molecule has 2 fully saturated rings. The molecule has 4 atom stereocenters. The topological polar surface area (TPSA) is 118 Å². The Bertz CT molecular complexity index is 1310. The maximum atomic E-state index is 13.6. The average Bonchev–Trinajstić information content (AvgIpc) is 3.51. The monoisotopic (exact) mass is 513 g/mol. The maximum absolute atomic E-state index is 13.6. The standard InChI is InChI=1S/C24H17Cl2N3O6/c25-14-7-8-15(17(26)10-14)19(30)11-27(22(31)16-3-1-2-4-18(16)29(34)35)28-23(32)20-12-5-6-13(9-12)21(20)24(28)33/h1-8,10,12-13,20-21H,9,11H2/t12-,13-,20+,21+/m0/s1. The van der Waals surface area contributed by atoms with Gasteiger partial charge in [0.05, 0.1) is 21.8 Å². The quantitative estimate of drug-likeness (QED) is 0.189. The van der Waals surface area contributed by atoms with E-state index in [2.05, 4.69) is 0 Å². The zero-order chi connectivity index (χ0) is 25.0. The van der Waals surface area contributed by atoms with Crippen LogP contribution in [0.15, 0.2) is 54.6 Å². The molecule has 2 bridgehead atoms. The van der Waals surface area contributed by atoms with Gasteiger partial charge >= 0.3 is 0 Å². The summed E-state index contributed by atoms with van der Waals surface area (Å²) in [6.45, 7) is -0.730. The van der Waals surface area contributed by atoms with E-state index < -0.39 is 52.5 Å². The Morgan fingerprint density at radius 3 is 2.23 bits per heavy atom. The lowest BCUT2D eigenvalue weighted by atomic mass is 9.85. The van der Waals surface area contributed by atoms with E-state index in [1.807, 2.05) is 12.2 Å². The van der Waals surface area contributed by atoms with E-state index in [-0.39, 0.29) is 28.0 Å². The van der Waals surface area contributed by atoms with Gasteiger partial charge in [-0.3, -0.25) is 29.3 Å². The highest BCUT2D eigenvalue weighted by molar-refractivity contribution is 6.37. The predicted molar refractivity (Wildman–Crippen MR) is 124 cm³/mol. The fourth-order valence-corrected chi connectivity index (χ4v) is 5.76. The van der Waals surface area contributed by atoms with Gasteiger partial charge in [0.1, 0.15) is 12.1 Å². The summed E-state index contributed by atoms with van der Waals surface area (Å²) in [4.78, 5) is 64.4. The maximum Gasteiger partial charge on any atom is 0.282 e. The first-order valence-corrected chi connectivity index (χ1v) is 11.5. The van der Waals surface area contributed by atoms with Gasteiger partial charge in [-0.05, 0) is 42.5 Å². The summed E-state index contributed by atoms with van der Waals surface area (Å²) in [5.74, 6) is -4.40. The number of ketones is 1. The number of Topliss-reactive ketones (excluding diaryl/α,β-unsaturated/α-hetero) is 1. The molecule has 0 N–H and O–H groups in total. The number of halogens is 2. The van der Waals surface area contributed by atoms with Gasteiger partial charge < -0.3 is 0 Å². The molecule has 0 radical (unpaired) electrons. The third kappa shape index (κ3) is 3.71. The molecule has 1 aliphatic heterocycles. The summed E-state index contributed by atoms with van der Waals surface area (Å²) in [6.07, 6.45) is 4.47. The van der Waals surface area contributed by atoms with Crippen molar-refractivity contribution in [3.63, 3.8) is 0 Å². The van der Waals surface area contributed by atoms with Crippen LogP contribution in [0.4, 0.5) is 5.69 Å². The largest absolute Gasteiger partial charge is 0.292 e. The van der Waals surface area contributed by atoms with Crippen molar-refractivity contribution in [3.8, 4) is 0 Å². The van der Waals surface area contributed by atoms with Gasteiger partial charge in [0.2, 0.25) is 0 Å². The van der Waals surface area contributed by atoms with Gasteiger partial charge in [-0.1, -0.05) is 47.5 Å². The van der Waals surface area contributed by atoms with Gasteiger partial charge in [-0.15, -0.1) is 0 Å². The first-order chi connectivity index (χ1) is 16.7. The summed E-state index contributed by atoms with van der Waals surface area (Å²) in [7, 11) is 0. The molecule has 3 aliphatic rings. The fourth-order valence-electron chi connectivity index (χ4n) is 5.25. The second-order valence-electron chi connectivity index (χ2n) is 8.67. The van der Waals surface area contributed by atoms with Crippen LogP contribution in [-0.2, 0) is 9.59 Å². The first kappa shape index (κ1) is 23.2. The van der Waals surface area contributed by atoms with Gasteiger partial charge in [0.25, 0.3) is 23.4 Å². The van der Waals surface area contributed by atoms with Gasteiger partial charge in [-0.2, -0.15) is 5.01 Å². The average molecular weight is 514 g/mol. The molecule has 1 saturated carbocycles. The second kappa shape index (κ2) is 8.58. The van der Waals surface area contributed by atoms with Gasteiger partial charge in [0.15, 0.2) is 5.78 Å². The number of fused-ring (bicyclic) bond motifs is 5. The number of benzene rings is 2. The Balaban J connectivity index is 1.55. The van der Waals surface area contributed by atoms with Crippen molar-refractivity contribution < 1.29 is 24.1 Å². The normalized spacial score (nSPS) is 24.1. The molecule has 5 rings (SSSR count). The molecule has 3 amide bonds. The molecule has 0 unspecified atom stereocenters. The number of hydrazine groups is 1. The SMILES string of the molecule is O=C(CN(C(=O)c1ccccc1[N+](=O)[O-])N1C(=O)[C@H]2[C@H](C1=O)[C@H]1C=C[C@H]2C1)c1ccc(Cl)cc1Cl. The van der Waals surface area contributed by atoms with Crippen LogP contribution >= 0.6 is 23.2 Å². The van der Waals surface area contributed by atoms with Crippen LogP contribution in [0.1, 0.15) is 27.1 Å². The van der Waals surface area contributed by atoms with E-state index in [9.17, 15) is 29.3 Å². The number of nitrogens with zero attached hydrogens (tertiary/aromatic N) is 3. The van der Waals surface area contributed by atoms with Crippen molar-refractivity contribution in [2.75, 3.05) is 6.54 Å². The van der Waals surface area contributed by atoms with E-state index in [1.54, 1.807) is 0 Å². The number of amides is 3. The smallest absolute Gasteiger partial charge is 0.282 e. The number of rotatable bonds is 6. The molecule has 35 heavy (non-hydrogen) atoms. The molecule has 2 aromatic carbocycles. The molecular weight excluding hydrogens is 497 g/mol. The summed E-state index contributed by atoms with van der Waals surface area (Å²) < 4.78 is 0. The second-order valence-corrected chi connectivity index (χ2v) is 9.52. The lowest BCUT2D eigenvalue weighted by Gasteiger charge is -2.30. The van der Waals surface area contributed by atoms with E-state index in [4.69, 9.17) is 23.2 Å². The summed E-state index contributed by atoms with van der Waals surface area (Å²) in [6, 6.07) is 9.31. The third-order valence-electron chi connectivity index (χ3n) is 6.78. The van der Waals surface area contributed by atoms with Crippen molar-refractivity contribution in [2.45, 2.75) is 6.42 Å². The van der Waals surface area contributed by atoms with E-state index in [1.165, 1.54) is 36.4 Å². The van der Waals surface area contributed by atoms with Crippen molar-refractivity contribution in [2.24, 2.45) is 23.7 Å². The minimum absolute atomic E-state index is 0.0254. The summed E-state index contributed by atoms with van der Waals surface area (Å²) in [5, 5.41) is 13.3. The predicted octanol–water partition coefficient (Wildman–Crippen LogP) is 3.95. The van der Waals surface area contributed by atoms with Crippen molar-refractivity contribution >= 4 is 52.4 Å². The number of allylic oxidation sites excluding steroid dienone is 2. The highest BCUT2D eigenvalue weighted by Gasteiger charge is 2.61. The summed E-state index contributed by atoms with van der Waals surface area (Å²) in [5.41, 5.74) is -0.843. The molecule has 9 nitrogen and oxygen atoms in total. The molecule has 178 valence electrons. The van der Waals surface area contributed by atoms with Crippen LogP contribution in [0, 0.1) is 33.8 Å². The number of hydrogen-bond acceptors (Lipinski definition) is 6. The van der Waals surface area contributed by atoms with E-state index >= 15 is 0 Å². The lowest BCUT2D eigenvalue weighted by Crippen LogP contribution is -2.52.